The van der Waals surface area contributed by atoms with Crippen molar-refractivity contribution in [3.8, 4) is 0 Å². The minimum absolute atomic E-state index is 0.561. The van der Waals surface area contributed by atoms with Crippen LogP contribution in [0.15, 0.2) is 29.8 Å². The molecule has 0 atom stereocenters. The lowest BCUT2D eigenvalue weighted by atomic mass is 10.0. The van der Waals surface area contributed by atoms with E-state index >= 15 is 0 Å². The lowest BCUT2D eigenvalue weighted by Gasteiger charge is -2.07. The molecule has 0 saturated carbocycles. The van der Waals surface area contributed by atoms with Crippen LogP contribution in [0.3, 0.4) is 0 Å². The van der Waals surface area contributed by atoms with Crippen molar-refractivity contribution in [3.63, 3.8) is 0 Å². The summed E-state index contributed by atoms with van der Waals surface area (Å²) >= 11 is 0. The summed E-state index contributed by atoms with van der Waals surface area (Å²) in [5.41, 5.74) is 0.826. The third-order valence-corrected chi connectivity index (χ3v) is 2.69. The Morgan fingerprint density at radius 3 is 2.61 bits per heavy atom. The third kappa shape index (κ3) is 4.94. The number of alkyl halides is 3. The Balaban J connectivity index is 2.75. The second kappa shape index (κ2) is 6.62. The number of halogens is 3. The summed E-state index contributed by atoms with van der Waals surface area (Å²) in [5.74, 6) is 0. The van der Waals surface area contributed by atoms with Crippen LogP contribution in [-0.2, 0) is 6.18 Å². The molecule has 18 heavy (non-hydrogen) atoms. The van der Waals surface area contributed by atoms with Crippen LogP contribution >= 0.6 is 0 Å². The first-order valence-electron chi connectivity index (χ1n) is 6.13. The molecule has 0 saturated heterocycles. The van der Waals surface area contributed by atoms with Crippen molar-refractivity contribution >= 4 is 6.08 Å². The molecule has 1 rings (SSSR count). The van der Waals surface area contributed by atoms with E-state index in [1.54, 1.807) is 12.1 Å². The van der Waals surface area contributed by atoms with Crippen molar-refractivity contribution in [2.45, 2.75) is 38.8 Å². The Kier molecular flexibility index (Phi) is 5.45. The van der Waals surface area contributed by atoms with E-state index in [-0.39, 0.29) is 0 Å². The van der Waals surface area contributed by atoms with Gasteiger partial charge in [0.05, 0.1) is 5.56 Å². The fourth-order valence-electron chi connectivity index (χ4n) is 1.71. The lowest BCUT2D eigenvalue weighted by molar-refractivity contribution is -0.137. The molecule has 0 aromatic heterocycles. The maximum atomic E-state index is 12.5. The standard InChI is InChI=1S/C15H18F3/c1-3-4-5-7-12(2)10-13-8-6-9-14(11-13)15(16,17)18/h6,8-11H,2-5,7H2,1H3. The largest absolute Gasteiger partial charge is 0.416 e. The topological polar surface area (TPSA) is 0 Å². The molecular weight excluding hydrogens is 237 g/mol. The van der Waals surface area contributed by atoms with Crippen LogP contribution in [-0.4, -0.2) is 0 Å². The van der Waals surface area contributed by atoms with Gasteiger partial charge in [-0.05, 0) is 37.5 Å². The molecule has 1 radical (unpaired) electrons. The summed E-state index contributed by atoms with van der Waals surface area (Å²) in [6, 6.07) is 5.33. The minimum Gasteiger partial charge on any atom is -0.166 e. The van der Waals surface area contributed by atoms with Gasteiger partial charge in [0.15, 0.2) is 0 Å². The zero-order chi connectivity index (χ0) is 13.6. The van der Waals surface area contributed by atoms with Gasteiger partial charge in [-0.15, -0.1) is 0 Å². The predicted molar refractivity (Wildman–Crippen MR) is 68.9 cm³/mol. The van der Waals surface area contributed by atoms with Gasteiger partial charge in [0.2, 0.25) is 0 Å². The number of hydrogen-bond acceptors (Lipinski definition) is 0. The number of allylic oxidation sites excluding steroid dienone is 1. The number of benzene rings is 1. The van der Waals surface area contributed by atoms with Crippen LogP contribution in [0.25, 0.3) is 6.08 Å². The Morgan fingerprint density at radius 1 is 1.28 bits per heavy atom. The predicted octanol–water partition coefficient (Wildman–Crippen LogP) is 5.50. The zero-order valence-electron chi connectivity index (χ0n) is 10.6. The highest BCUT2D eigenvalue weighted by atomic mass is 19.4. The first kappa shape index (κ1) is 14.8. The molecule has 99 valence electrons. The van der Waals surface area contributed by atoms with E-state index < -0.39 is 11.7 Å². The van der Waals surface area contributed by atoms with Gasteiger partial charge in [-0.1, -0.05) is 43.5 Å². The van der Waals surface area contributed by atoms with Gasteiger partial charge < -0.3 is 0 Å². The smallest absolute Gasteiger partial charge is 0.166 e. The summed E-state index contributed by atoms with van der Waals surface area (Å²) in [4.78, 5) is 0. The van der Waals surface area contributed by atoms with E-state index in [2.05, 4.69) is 13.8 Å². The average molecular weight is 255 g/mol. The van der Waals surface area contributed by atoms with Gasteiger partial charge in [-0.2, -0.15) is 13.2 Å². The minimum atomic E-state index is -4.28. The second-order valence-electron chi connectivity index (χ2n) is 4.38. The van der Waals surface area contributed by atoms with E-state index in [9.17, 15) is 13.2 Å². The molecule has 0 N–H and O–H groups in total. The van der Waals surface area contributed by atoms with Crippen LogP contribution < -0.4 is 0 Å². The van der Waals surface area contributed by atoms with Gasteiger partial charge >= 0.3 is 6.18 Å². The van der Waals surface area contributed by atoms with Gasteiger partial charge in [0.25, 0.3) is 0 Å². The van der Waals surface area contributed by atoms with E-state index in [0.717, 1.165) is 43.4 Å². The van der Waals surface area contributed by atoms with E-state index in [1.165, 1.54) is 6.07 Å². The van der Waals surface area contributed by atoms with E-state index in [0.29, 0.717) is 5.56 Å². The monoisotopic (exact) mass is 255 g/mol. The highest BCUT2D eigenvalue weighted by molar-refractivity contribution is 5.54. The molecule has 0 unspecified atom stereocenters. The molecule has 1 aromatic rings. The first-order valence-corrected chi connectivity index (χ1v) is 6.13. The molecule has 0 spiro atoms. The van der Waals surface area contributed by atoms with Crippen molar-refractivity contribution in [3.05, 3.63) is 47.9 Å². The van der Waals surface area contributed by atoms with Gasteiger partial charge in [-0.3, -0.25) is 0 Å². The Bertz CT molecular complexity index is 402. The number of rotatable bonds is 5. The fraction of sp³-hybridized carbons (Fsp3) is 0.400. The normalized spacial score (nSPS) is 12.8. The summed E-state index contributed by atoms with van der Waals surface area (Å²) in [6.07, 6.45) is 1.56. The molecule has 0 amide bonds. The highest BCUT2D eigenvalue weighted by Crippen LogP contribution is 2.30. The van der Waals surface area contributed by atoms with Crippen LogP contribution in [0.1, 0.15) is 43.7 Å². The Morgan fingerprint density at radius 2 is 2.00 bits per heavy atom. The van der Waals surface area contributed by atoms with Crippen molar-refractivity contribution in [2.75, 3.05) is 0 Å². The first-order chi connectivity index (χ1) is 8.43. The SMILES string of the molecule is [CH2]C(=Cc1cccc(C(F)(F)F)c1)CCCCC. The Labute approximate surface area is 107 Å². The van der Waals surface area contributed by atoms with Crippen LogP contribution in [0.5, 0.6) is 0 Å². The van der Waals surface area contributed by atoms with Crippen LogP contribution in [0.2, 0.25) is 0 Å². The molecule has 0 aliphatic carbocycles. The summed E-state index contributed by atoms with van der Waals surface area (Å²) < 4.78 is 37.6. The molecule has 0 nitrogen and oxygen atoms in total. The molecule has 0 heterocycles. The molecule has 3 heteroatoms. The van der Waals surface area contributed by atoms with Crippen molar-refractivity contribution in [1.29, 1.82) is 0 Å². The lowest BCUT2D eigenvalue weighted by Crippen LogP contribution is -2.04. The zero-order valence-corrected chi connectivity index (χ0v) is 10.6. The molecule has 0 fully saturated rings. The highest BCUT2D eigenvalue weighted by Gasteiger charge is 2.30. The molecule has 1 aromatic carbocycles. The maximum absolute atomic E-state index is 12.5. The van der Waals surface area contributed by atoms with Crippen LogP contribution in [0.4, 0.5) is 13.2 Å². The van der Waals surface area contributed by atoms with E-state index in [4.69, 9.17) is 0 Å². The maximum Gasteiger partial charge on any atom is 0.416 e. The van der Waals surface area contributed by atoms with Gasteiger partial charge in [0, 0.05) is 0 Å². The van der Waals surface area contributed by atoms with Crippen molar-refractivity contribution < 1.29 is 13.2 Å². The number of unbranched alkanes of at least 4 members (excludes halogenated alkanes) is 2. The van der Waals surface area contributed by atoms with Crippen molar-refractivity contribution in [1.82, 2.24) is 0 Å². The molecular formula is C15H18F3. The van der Waals surface area contributed by atoms with Gasteiger partial charge in [0.1, 0.15) is 0 Å². The summed E-state index contributed by atoms with van der Waals surface area (Å²) in [6.45, 7) is 5.99. The van der Waals surface area contributed by atoms with Crippen LogP contribution in [0, 0.1) is 6.92 Å². The van der Waals surface area contributed by atoms with Gasteiger partial charge in [-0.25, -0.2) is 0 Å². The Hall–Kier alpha value is -1.25. The summed E-state index contributed by atoms with van der Waals surface area (Å²) in [5, 5.41) is 0. The van der Waals surface area contributed by atoms with Crippen molar-refractivity contribution in [2.24, 2.45) is 0 Å². The fourth-order valence-corrected chi connectivity index (χ4v) is 1.71. The quantitative estimate of drug-likeness (QED) is 0.609. The third-order valence-electron chi connectivity index (χ3n) is 2.69. The average Bonchev–Trinajstić information content (AvgIpc) is 2.28. The number of hydrogen-bond donors (Lipinski definition) is 0. The molecule has 0 aliphatic rings. The molecule has 0 bridgehead atoms. The summed E-state index contributed by atoms with van der Waals surface area (Å²) in [7, 11) is 0. The second-order valence-corrected chi connectivity index (χ2v) is 4.38. The van der Waals surface area contributed by atoms with E-state index in [1.807, 2.05) is 0 Å². The molecule has 0 aliphatic heterocycles.